The Morgan fingerprint density at radius 3 is 1.88 bits per heavy atom. The third kappa shape index (κ3) is 23.1. The van der Waals surface area contributed by atoms with Gasteiger partial charge in [-0.05, 0) is 56.7 Å². The van der Waals surface area contributed by atoms with Crippen molar-refractivity contribution in [2.75, 3.05) is 80.0 Å². The van der Waals surface area contributed by atoms with Gasteiger partial charge in [0.2, 0.25) is 11.8 Å². The van der Waals surface area contributed by atoms with Crippen molar-refractivity contribution in [1.82, 2.24) is 21.3 Å². The number of ether oxygens (including phenoxy) is 5. The number of primary amides is 1. The summed E-state index contributed by atoms with van der Waals surface area (Å²) in [5.74, 6) is -0.777. The molecule has 0 unspecified atom stereocenters. The van der Waals surface area contributed by atoms with Crippen LogP contribution >= 0.6 is 0 Å². The Labute approximate surface area is 306 Å². The van der Waals surface area contributed by atoms with Gasteiger partial charge in [-0.25, -0.2) is 9.59 Å². The van der Waals surface area contributed by atoms with Gasteiger partial charge in [-0.3, -0.25) is 14.4 Å². The molecule has 52 heavy (non-hydrogen) atoms. The summed E-state index contributed by atoms with van der Waals surface area (Å²) < 4.78 is 25.8. The molecule has 0 aliphatic rings. The van der Waals surface area contributed by atoms with Crippen LogP contribution in [-0.4, -0.2) is 122 Å². The molecule has 1 atom stereocenters. The molecule has 0 aromatic heterocycles. The third-order valence-electron chi connectivity index (χ3n) is 7.44. The van der Waals surface area contributed by atoms with Gasteiger partial charge < -0.3 is 55.5 Å². The van der Waals surface area contributed by atoms with Crippen molar-refractivity contribution in [2.24, 2.45) is 16.8 Å². The summed E-state index contributed by atoms with van der Waals surface area (Å²) in [4.78, 5) is 64.9. The second kappa shape index (κ2) is 29.1. The normalized spacial score (nSPS) is 11.8. The first kappa shape index (κ1) is 45.5. The van der Waals surface area contributed by atoms with Gasteiger partial charge in [0.05, 0.1) is 18.9 Å². The second-order valence-corrected chi connectivity index (χ2v) is 11.8. The average Bonchev–Trinajstić information content (AvgIpc) is 3.13. The number of benzene rings is 1. The number of carbonyl (C=O) groups excluding carboxylic acids is 5. The monoisotopic (exact) mass is 738 g/mol. The van der Waals surface area contributed by atoms with Crippen molar-refractivity contribution < 1.29 is 52.5 Å². The van der Waals surface area contributed by atoms with E-state index in [4.69, 9.17) is 34.3 Å². The minimum atomic E-state index is -0.728. The molecule has 0 aliphatic heterocycles. The average molecular weight is 739 g/mol. The van der Waals surface area contributed by atoms with Gasteiger partial charge in [-0.1, -0.05) is 30.6 Å². The zero-order chi connectivity index (χ0) is 38.4. The number of alkyl carbamates (subject to hydrolysis) is 2. The lowest BCUT2D eigenvalue weighted by molar-refractivity contribution is -0.122. The van der Waals surface area contributed by atoms with Gasteiger partial charge in [-0.2, -0.15) is 0 Å². The van der Waals surface area contributed by atoms with E-state index in [9.17, 15) is 24.0 Å². The fourth-order valence-corrected chi connectivity index (χ4v) is 4.26. The summed E-state index contributed by atoms with van der Waals surface area (Å²) in [6.45, 7) is 6.07. The first-order chi connectivity index (χ1) is 25.1. The van der Waals surface area contributed by atoms with E-state index in [1.807, 2.05) is 19.1 Å². The van der Waals surface area contributed by atoms with E-state index in [0.717, 1.165) is 18.4 Å². The lowest BCUT2D eigenvalue weighted by Crippen LogP contribution is -2.35. The second-order valence-electron chi connectivity index (χ2n) is 11.8. The van der Waals surface area contributed by atoms with Crippen molar-refractivity contribution in [3.8, 4) is 0 Å². The van der Waals surface area contributed by atoms with Crippen molar-refractivity contribution in [1.29, 1.82) is 0 Å². The number of carbonyl (C=O) groups is 5. The van der Waals surface area contributed by atoms with Crippen LogP contribution in [-0.2, 0) is 38.1 Å². The maximum Gasteiger partial charge on any atom is 0.407 e. The summed E-state index contributed by atoms with van der Waals surface area (Å²) in [6.07, 6.45) is 2.24. The minimum absolute atomic E-state index is 0.135. The summed E-state index contributed by atoms with van der Waals surface area (Å²) in [6, 6.07) is 7.08. The van der Waals surface area contributed by atoms with Crippen LogP contribution in [0, 0.1) is 5.92 Å². The number of nitrogens with two attached hydrogens (primary N) is 1. The maximum absolute atomic E-state index is 12.4. The van der Waals surface area contributed by atoms with Gasteiger partial charge in [-0.15, -0.1) is 0 Å². The number of nitrogens with zero attached hydrogens (tertiary/aromatic N) is 1. The highest BCUT2D eigenvalue weighted by Gasteiger charge is 2.16. The molecule has 17 heteroatoms. The standard InChI is InChI=1S/C35H58N6O11/c1-26(32(36)43)10-5-6-17-38-33(44)29-14-12-28(13-15-29)27(2)41-52-21-8-7-16-37-31(42)11-9-20-49-30(24-50-34(45)39-18-22-47-3)25-51-35(46)40-19-23-48-4/h12-15,26,30H,5-11,16-25H2,1-4H3,(H2,36,43)(H,37,42)(H,38,44)(H,39,45)(H,40,46)/b41-27+/t26-/m0/s1. The topological polar surface area (TPSA) is 227 Å². The molecule has 0 bridgehead atoms. The van der Waals surface area contributed by atoms with Gasteiger partial charge >= 0.3 is 12.2 Å². The molecule has 0 saturated carbocycles. The van der Waals surface area contributed by atoms with Crippen LogP contribution in [0.2, 0.25) is 0 Å². The molecule has 0 heterocycles. The fraction of sp³-hybridized carbons (Fsp3) is 0.657. The molecule has 17 nitrogen and oxygen atoms in total. The minimum Gasteiger partial charge on any atom is -0.447 e. The lowest BCUT2D eigenvalue weighted by Gasteiger charge is -2.18. The predicted octanol–water partition coefficient (Wildman–Crippen LogP) is 2.26. The molecular formula is C35H58N6O11. The van der Waals surface area contributed by atoms with E-state index in [0.29, 0.717) is 69.9 Å². The van der Waals surface area contributed by atoms with E-state index in [1.54, 1.807) is 19.1 Å². The maximum atomic E-state index is 12.4. The highest BCUT2D eigenvalue weighted by Crippen LogP contribution is 2.09. The summed E-state index contributed by atoms with van der Waals surface area (Å²) >= 11 is 0. The molecule has 0 spiro atoms. The van der Waals surface area contributed by atoms with E-state index in [1.165, 1.54) is 14.2 Å². The van der Waals surface area contributed by atoms with Crippen LogP contribution in [0.5, 0.6) is 0 Å². The number of rotatable bonds is 29. The van der Waals surface area contributed by atoms with E-state index < -0.39 is 18.3 Å². The Balaban J connectivity index is 2.27. The molecule has 0 fully saturated rings. The number of unbranched alkanes of at least 4 members (excludes halogenated alkanes) is 2. The van der Waals surface area contributed by atoms with E-state index in [-0.39, 0.29) is 63.0 Å². The van der Waals surface area contributed by atoms with E-state index in [2.05, 4.69) is 26.4 Å². The zero-order valence-electron chi connectivity index (χ0n) is 31.0. The Bertz CT molecular complexity index is 1190. The highest BCUT2D eigenvalue weighted by molar-refractivity contribution is 6.00. The van der Waals surface area contributed by atoms with Crippen LogP contribution in [0.1, 0.15) is 74.7 Å². The summed E-state index contributed by atoms with van der Waals surface area (Å²) in [7, 11) is 3.02. The van der Waals surface area contributed by atoms with Gasteiger partial charge in [0, 0.05) is 64.9 Å². The number of methoxy groups -OCH3 is 2. The number of oxime groups is 1. The first-order valence-electron chi connectivity index (χ1n) is 17.6. The van der Waals surface area contributed by atoms with Crippen molar-refractivity contribution >= 4 is 35.6 Å². The predicted molar refractivity (Wildman–Crippen MR) is 193 cm³/mol. The SMILES string of the molecule is COCCNC(=O)OCC(COC(=O)NCCOC)OCCCC(=O)NCCCCO/N=C(\C)c1ccc(C(=O)NCCCC[C@H](C)C(N)=O)cc1. The molecule has 1 aromatic rings. The largest absolute Gasteiger partial charge is 0.447 e. The Hall–Kier alpha value is -4.48. The van der Waals surface area contributed by atoms with E-state index >= 15 is 0 Å². The van der Waals surface area contributed by atoms with Crippen LogP contribution in [0.4, 0.5) is 9.59 Å². The lowest BCUT2D eigenvalue weighted by atomic mass is 10.0. The molecule has 0 radical (unpaired) electrons. The molecule has 0 saturated heterocycles. The number of nitrogens with one attached hydrogen (secondary N) is 4. The Morgan fingerprint density at radius 1 is 0.712 bits per heavy atom. The smallest absolute Gasteiger partial charge is 0.407 e. The third-order valence-corrected chi connectivity index (χ3v) is 7.44. The quantitative estimate of drug-likeness (QED) is 0.0455. The number of amides is 5. The Kier molecular flexibility index (Phi) is 25.5. The molecular weight excluding hydrogens is 680 g/mol. The summed E-state index contributed by atoms with van der Waals surface area (Å²) in [5, 5.41) is 14.9. The van der Waals surface area contributed by atoms with Gasteiger partial charge in [0.1, 0.15) is 25.9 Å². The molecule has 1 rings (SSSR count). The number of hydrogen-bond donors (Lipinski definition) is 5. The highest BCUT2D eigenvalue weighted by atomic mass is 16.6. The molecule has 1 aromatic carbocycles. The van der Waals surface area contributed by atoms with Gasteiger partial charge in [0.25, 0.3) is 5.91 Å². The van der Waals surface area contributed by atoms with Crippen LogP contribution in [0.15, 0.2) is 29.4 Å². The van der Waals surface area contributed by atoms with Crippen LogP contribution in [0.3, 0.4) is 0 Å². The van der Waals surface area contributed by atoms with Gasteiger partial charge in [0.15, 0.2) is 0 Å². The van der Waals surface area contributed by atoms with Crippen LogP contribution in [0.25, 0.3) is 0 Å². The molecule has 5 amide bonds. The van der Waals surface area contributed by atoms with Crippen LogP contribution < -0.4 is 27.0 Å². The molecule has 294 valence electrons. The molecule has 6 N–H and O–H groups in total. The van der Waals surface area contributed by atoms with Crippen molar-refractivity contribution in [3.63, 3.8) is 0 Å². The Morgan fingerprint density at radius 2 is 1.29 bits per heavy atom. The fourth-order valence-electron chi connectivity index (χ4n) is 4.26. The van der Waals surface area contributed by atoms with Crippen molar-refractivity contribution in [3.05, 3.63) is 35.4 Å². The molecule has 0 aliphatic carbocycles. The zero-order valence-corrected chi connectivity index (χ0v) is 31.0. The van der Waals surface area contributed by atoms with Crippen molar-refractivity contribution in [2.45, 2.75) is 64.9 Å². The first-order valence-corrected chi connectivity index (χ1v) is 17.6. The summed E-state index contributed by atoms with van der Waals surface area (Å²) in [5.41, 5.74) is 7.30. The number of hydrogen-bond acceptors (Lipinski definition) is 12.